The Labute approximate surface area is 141 Å². The lowest BCUT2D eigenvalue weighted by Gasteiger charge is -2.27. The van der Waals surface area contributed by atoms with Crippen molar-refractivity contribution in [1.82, 2.24) is 9.80 Å². The number of rotatable bonds is 4. The smallest absolute Gasteiger partial charge is 0.232 e. The first-order valence-corrected chi connectivity index (χ1v) is 9.47. The number of benzene rings is 1. The molecule has 0 spiro atoms. The van der Waals surface area contributed by atoms with Crippen LogP contribution in [0.5, 0.6) is 5.75 Å². The molecular formula is C17H24N2O3S. The summed E-state index contributed by atoms with van der Waals surface area (Å²) >= 11 is 1.57. The zero-order chi connectivity index (χ0) is 16.1. The number of carbonyl (C=O) groups is 1. The Morgan fingerprint density at radius 3 is 2.83 bits per heavy atom. The molecule has 2 aliphatic rings. The van der Waals surface area contributed by atoms with E-state index in [9.17, 15) is 4.79 Å². The summed E-state index contributed by atoms with van der Waals surface area (Å²) in [5, 5.41) is 0. The third kappa shape index (κ3) is 4.40. The van der Waals surface area contributed by atoms with Gasteiger partial charge in [0.1, 0.15) is 12.4 Å². The Hall–Kier alpha value is -1.24. The fraction of sp³-hybridized carbons (Fsp3) is 0.588. The average Bonchev–Trinajstić information content (AvgIpc) is 2.78. The van der Waals surface area contributed by atoms with Crippen LogP contribution in [-0.2, 0) is 22.6 Å². The topological polar surface area (TPSA) is 42.0 Å². The third-order valence-corrected chi connectivity index (χ3v) is 4.77. The molecule has 23 heavy (non-hydrogen) atoms. The largest absolute Gasteiger partial charge is 0.491 e. The molecule has 5 nitrogen and oxygen atoms in total. The van der Waals surface area contributed by atoms with E-state index in [4.69, 9.17) is 9.47 Å². The first-order chi connectivity index (χ1) is 11.3. The van der Waals surface area contributed by atoms with E-state index in [2.05, 4.69) is 17.0 Å². The number of carbonyl (C=O) groups excluding carboxylic acids is 1. The lowest BCUT2D eigenvalue weighted by molar-refractivity contribution is -0.129. The summed E-state index contributed by atoms with van der Waals surface area (Å²) in [7, 11) is 0. The summed E-state index contributed by atoms with van der Waals surface area (Å²) in [6.45, 7) is 6.37. The van der Waals surface area contributed by atoms with Crippen LogP contribution in [0, 0.1) is 0 Å². The molecule has 1 saturated heterocycles. The third-order valence-electron chi connectivity index (χ3n) is 4.24. The fourth-order valence-electron chi connectivity index (χ4n) is 2.99. The molecule has 3 rings (SSSR count). The maximum atomic E-state index is 12.2. The molecule has 1 aromatic carbocycles. The van der Waals surface area contributed by atoms with Gasteiger partial charge in [-0.3, -0.25) is 9.69 Å². The van der Waals surface area contributed by atoms with Crippen molar-refractivity contribution in [1.29, 1.82) is 0 Å². The molecule has 0 unspecified atom stereocenters. The lowest BCUT2D eigenvalue weighted by atomic mass is 10.1. The number of morpholine rings is 1. The standard InChI is InChI=1S/C17H24N2O3S/c1-23-13-17(20)19-6-9-22-16-3-2-14(10-15(16)12-19)11-18-4-7-21-8-5-18/h2-3,10H,4-9,11-13H2,1H3. The van der Waals surface area contributed by atoms with Gasteiger partial charge in [-0.1, -0.05) is 6.07 Å². The molecular weight excluding hydrogens is 312 g/mol. The highest BCUT2D eigenvalue weighted by Gasteiger charge is 2.20. The molecule has 0 radical (unpaired) electrons. The van der Waals surface area contributed by atoms with E-state index < -0.39 is 0 Å². The number of ether oxygens (including phenoxy) is 2. The molecule has 0 aromatic heterocycles. The predicted octanol–water partition coefficient (Wildman–Crippen LogP) is 1.60. The van der Waals surface area contributed by atoms with Crippen molar-refractivity contribution in [3.63, 3.8) is 0 Å². The maximum Gasteiger partial charge on any atom is 0.232 e. The number of thioether (sulfide) groups is 1. The van der Waals surface area contributed by atoms with Crippen molar-refractivity contribution in [3.05, 3.63) is 29.3 Å². The number of hydrogen-bond donors (Lipinski definition) is 0. The second-order valence-corrected chi connectivity index (χ2v) is 6.79. The average molecular weight is 336 g/mol. The Kier molecular flexibility index (Phi) is 5.80. The molecule has 1 amide bonds. The van der Waals surface area contributed by atoms with Crippen molar-refractivity contribution in [3.8, 4) is 5.75 Å². The van der Waals surface area contributed by atoms with Gasteiger partial charge in [-0.2, -0.15) is 11.8 Å². The summed E-state index contributed by atoms with van der Waals surface area (Å²) in [5.74, 6) is 1.63. The molecule has 6 heteroatoms. The van der Waals surface area contributed by atoms with Gasteiger partial charge in [-0.25, -0.2) is 0 Å². The molecule has 2 heterocycles. The second-order valence-electron chi connectivity index (χ2n) is 5.93. The lowest BCUT2D eigenvalue weighted by Crippen LogP contribution is -2.35. The van der Waals surface area contributed by atoms with Crippen molar-refractivity contribution in [2.45, 2.75) is 13.1 Å². The maximum absolute atomic E-state index is 12.2. The van der Waals surface area contributed by atoms with Gasteiger partial charge in [0.15, 0.2) is 0 Å². The molecule has 0 bridgehead atoms. The molecule has 126 valence electrons. The van der Waals surface area contributed by atoms with Crippen LogP contribution < -0.4 is 4.74 Å². The SMILES string of the molecule is CSCC(=O)N1CCOc2ccc(CN3CCOCC3)cc2C1. The monoisotopic (exact) mass is 336 g/mol. The van der Waals surface area contributed by atoms with Crippen LogP contribution in [0.1, 0.15) is 11.1 Å². The van der Waals surface area contributed by atoms with E-state index in [-0.39, 0.29) is 5.91 Å². The molecule has 2 aliphatic heterocycles. The number of hydrogen-bond acceptors (Lipinski definition) is 5. The van der Waals surface area contributed by atoms with Gasteiger partial charge in [0.05, 0.1) is 25.5 Å². The highest BCUT2D eigenvalue weighted by Crippen LogP contribution is 2.25. The van der Waals surface area contributed by atoms with Crippen LogP contribution in [0.25, 0.3) is 0 Å². The van der Waals surface area contributed by atoms with Gasteiger partial charge >= 0.3 is 0 Å². The first-order valence-electron chi connectivity index (χ1n) is 8.07. The zero-order valence-electron chi connectivity index (χ0n) is 13.6. The van der Waals surface area contributed by atoms with Gasteiger partial charge in [0.2, 0.25) is 5.91 Å². The molecule has 0 saturated carbocycles. The van der Waals surface area contributed by atoms with Crippen LogP contribution in [-0.4, -0.2) is 67.2 Å². The molecule has 0 N–H and O–H groups in total. The molecule has 1 fully saturated rings. The van der Waals surface area contributed by atoms with Crippen LogP contribution >= 0.6 is 11.8 Å². The summed E-state index contributed by atoms with van der Waals surface area (Å²) in [6, 6.07) is 6.37. The Balaban J connectivity index is 1.71. The van der Waals surface area contributed by atoms with Gasteiger partial charge in [-0.05, 0) is 24.0 Å². The molecule has 1 aromatic rings. The first kappa shape index (κ1) is 16.6. The van der Waals surface area contributed by atoms with Crippen LogP contribution in [0.3, 0.4) is 0 Å². The number of nitrogens with zero attached hydrogens (tertiary/aromatic N) is 2. The predicted molar refractivity (Wildman–Crippen MR) is 91.8 cm³/mol. The van der Waals surface area contributed by atoms with E-state index in [1.54, 1.807) is 11.8 Å². The zero-order valence-corrected chi connectivity index (χ0v) is 14.4. The van der Waals surface area contributed by atoms with E-state index in [0.29, 0.717) is 25.4 Å². The summed E-state index contributed by atoms with van der Waals surface area (Å²) < 4.78 is 11.2. The van der Waals surface area contributed by atoms with Crippen molar-refractivity contribution < 1.29 is 14.3 Å². The van der Waals surface area contributed by atoms with Gasteiger partial charge in [0, 0.05) is 31.7 Å². The summed E-state index contributed by atoms with van der Waals surface area (Å²) in [5.41, 5.74) is 2.39. The van der Waals surface area contributed by atoms with Crippen LogP contribution in [0.2, 0.25) is 0 Å². The van der Waals surface area contributed by atoms with E-state index in [1.807, 2.05) is 17.2 Å². The van der Waals surface area contributed by atoms with Crippen molar-refractivity contribution in [2.24, 2.45) is 0 Å². The highest BCUT2D eigenvalue weighted by atomic mass is 32.2. The number of amides is 1. The van der Waals surface area contributed by atoms with Crippen molar-refractivity contribution in [2.75, 3.05) is 51.5 Å². The van der Waals surface area contributed by atoms with Crippen molar-refractivity contribution >= 4 is 17.7 Å². The Morgan fingerprint density at radius 2 is 2.04 bits per heavy atom. The minimum Gasteiger partial charge on any atom is -0.491 e. The quantitative estimate of drug-likeness (QED) is 0.835. The molecule has 0 aliphatic carbocycles. The molecule has 0 atom stereocenters. The van der Waals surface area contributed by atoms with E-state index >= 15 is 0 Å². The minimum atomic E-state index is 0.188. The Bertz CT molecular complexity index is 547. The van der Waals surface area contributed by atoms with Crippen LogP contribution in [0.15, 0.2) is 18.2 Å². The highest BCUT2D eigenvalue weighted by molar-refractivity contribution is 7.99. The summed E-state index contributed by atoms with van der Waals surface area (Å²) in [6.07, 6.45) is 1.96. The fourth-order valence-corrected chi connectivity index (χ4v) is 3.42. The second kappa shape index (κ2) is 8.04. The minimum absolute atomic E-state index is 0.188. The van der Waals surface area contributed by atoms with E-state index in [1.165, 1.54) is 5.56 Å². The van der Waals surface area contributed by atoms with E-state index in [0.717, 1.165) is 44.2 Å². The summed E-state index contributed by atoms with van der Waals surface area (Å²) in [4.78, 5) is 16.5. The van der Waals surface area contributed by atoms with Gasteiger partial charge < -0.3 is 14.4 Å². The van der Waals surface area contributed by atoms with Crippen LogP contribution in [0.4, 0.5) is 0 Å². The number of fused-ring (bicyclic) bond motifs is 1. The van der Waals surface area contributed by atoms with Gasteiger partial charge in [0.25, 0.3) is 0 Å². The Morgan fingerprint density at radius 1 is 1.22 bits per heavy atom. The normalized spacial score (nSPS) is 18.9. The van der Waals surface area contributed by atoms with Gasteiger partial charge in [-0.15, -0.1) is 0 Å².